The van der Waals surface area contributed by atoms with Gasteiger partial charge in [-0.2, -0.15) is 0 Å². The molecule has 1 N–H and O–H groups in total. The summed E-state index contributed by atoms with van der Waals surface area (Å²) in [7, 11) is 4.06. The van der Waals surface area contributed by atoms with Gasteiger partial charge in [0.25, 0.3) is 0 Å². The Kier molecular flexibility index (Phi) is 4.72. The highest BCUT2D eigenvalue weighted by molar-refractivity contribution is 5.89. The van der Waals surface area contributed by atoms with Crippen molar-refractivity contribution in [2.75, 3.05) is 14.1 Å². The molecule has 0 unspecified atom stereocenters. The van der Waals surface area contributed by atoms with Crippen LogP contribution in [0.25, 0.3) is 33.4 Å². The first-order valence-corrected chi connectivity index (χ1v) is 9.11. The Balaban J connectivity index is 1.81. The van der Waals surface area contributed by atoms with Crippen LogP contribution in [0.2, 0.25) is 0 Å². The lowest BCUT2D eigenvalue weighted by Gasteiger charge is -2.11. The van der Waals surface area contributed by atoms with Crippen molar-refractivity contribution in [1.29, 1.82) is 0 Å². The van der Waals surface area contributed by atoms with E-state index in [4.69, 9.17) is 4.42 Å². The van der Waals surface area contributed by atoms with Gasteiger partial charge in [0.15, 0.2) is 5.43 Å². The molecule has 0 aliphatic heterocycles. The molecule has 1 aromatic heterocycles. The number of aromatic hydroxyl groups is 1. The second kappa shape index (κ2) is 7.33. The third kappa shape index (κ3) is 3.55. The normalized spacial score (nSPS) is 11.2. The van der Waals surface area contributed by atoms with Crippen LogP contribution < -0.4 is 5.43 Å². The quantitative estimate of drug-likeness (QED) is 0.555. The molecule has 0 atom stereocenters. The van der Waals surface area contributed by atoms with Crippen LogP contribution in [-0.4, -0.2) is 24.1 Å². The van der Waals surface area contributed by atoms with Gasteiger partial charge in [-0.25, -0.2) is 0 Å². The van der Waals surface area contributed by atoms with Gasteiger partial charge in [0, 0.05) is 18.2 Å². The van der Waals surface area contributed by atoms with Crippen LogP contribution in [0.5, 0.6) is 5.75 Å². The highest BCUT2D eigenvalue weighted by Crippen LogP contribution is 2.32. The molecule has 0 saturated heterocycles. The summed E-state index contributed by atoms with van der Waals surface area (Å²) in [4.78, 5) is 14.7. The number of benzene rings is 3. The Bertz CT molecular complexity index is 1180. The molecule has 4 rings (SSSR count). The summed E-state index contributed by atoms with van der Waals surface area (Å²) in [6, 6.07) is 22.5. The van der Waals surface area contributed by atoms with Gasteiger partial charge in [-0.3, -0.25) is 4.79 Å². The van der Waals surface area contributed by atoms with Crippen LogP contribution in [0.15, 0.2) is 82.0 Å². The van der Waals surface area contributed by atoms with Crippen molar-refractivity contribution < 1.29 is 9.52 Å². The Morgan fingerprint density at radius 1 is 0.857 bits per heavy atom. The largest absolute Gasteiger partial charge is 0.507 e. The first kappa shape index (κ1) is 18.0. The molecule has 0 aliphatic carbocycles. The highest BCUT2D eigenvalue weighted by Gasteiger charge is 2.13. The lowest BCUT2D eigenvalue weighted by molar-refractivity contribution is 0.402. The molecule has 4 heteroatoms. The number of rotatable bonds is 4. The highest BCUT2D eigenvalue weighted by atomic mass is 16.3. The minimum Gasteiger partial charge on any atom is -0.507 e. The molecule has 0 spiro atoms. The Labute approximate surface area is 163 Å². The second-order valence-corrected chi connectivity index (χ2v) is 7.14. The van der Waals surface area contributed by atoms with Gasteiger partial charge in [0.05, 0.1) is 0 Å². The van der Waals surface area contributed by atoms with Crippen LogP contribution in [0.4, 0.5) is 0 Å². The number of nitrogens with zero attached hydrogens (tertiary/aromatic N) is 1. The average Bonchev–Trinajstić information content (AvgIpc) is 2.68. The monoisotopic (exact) mass is 371 g/mol. The number of phenols is 1. The van der Waals surface area contributed by atoms with Crippen molar-refractivity contribution in [1.82, 2.24) is 4.90 Å². The van der Waals surface area contributed by atoms with Crippen LogP contribution in [-0.2, 0) is 6.54 Å². The molecule has 0 saturated carbocycles. The molecule has 0 fully saturated rings. The first-order chi connectivity index (χ1) is 13.5. The smallest absolute Gasteiger partial charge is 0.197 e. The topological polar surface area (TPSA) is 53.7 Å². The van der Waals surface area contributed by atoms with Crippen LogP contribution in [0, 0.1) is 0 Å². The third-order valence-corrected chi connectivity index (χ3v) is 4.65. The molecule has 3 aromatic carbocycles. The van der Waals surface area contributed by atoms with E-state index in [1.807, 2.05) is 62.6 Å². The zero-order chi connectivity index (χ0) is 19.7. The van der Waals surface area contributed by atoms with E-state index in [-0.39, 0.29) is 16.6 Å². The fraction of sp³-hybridized carbons (Fsp3) is 0.125. The van der Waals surface area contributed by atoms with E-state index in [9.17, 15) is 9.90 Å². The van der Waals surface area contributed by atoms with Crippen molar-refractivity contribution in [2.45, 2.75) is 6.54 Å². The van der Waals surface area contributed by atoms with Gasteiger partial charge < -0.3 is 14.4 Å². The van der Waals surface area contributed by atoms with Crippen molar-refractivity contribution in [3.63, 3.8) is 0 Å². The summed E-state index contributed by atoms with van der Waals surface area (Å²) in [5.74, 6) is 0.411. The molecule has 1 heterocycles. The zero-order valence-corrected chi connectivity index (χ0v) is 15.8. The second-order valence-electron chi connectivity index (χ2n) is 7.14. The van der Waals surface area contributed by atoms with E-state index in [1.54, 1.807) is 6.07 Å². The molecule has 140 valence electrons. The van der Waals surface area contributed by atoms with Crippen LogP contribution >= 0.6 is 0 Å². The standard InChI is InChI=1S/C24H21NO3/c1-25(2)15-16-8-10-17(11-9-16)19-12-20(26)24-21(27)14-22(28-23(24)13-19)18-6-4-3-5-7-18/h3-14,26H,15H2,1-2H3. The summed E-state index contributed by atoms with van der Waals surface area (Å²) in [6.07, 6.45) is 0. The van der Waals surface area contributed by atoms with Crippen molar-refractivity contribution >= 4 is 11.0 Å². The molecular weight excluding hydrogens is 350 g/mol. The van der Waals surface area contributed by atoms with Crippen molar-refractivity contribution in [3.8, 4) is 28.2 Å². The van der Waals surface area contributed by atoms with Crippen molar-refractivity contribution in [3.05, 3.63) is 88.6 Å². The predicted octanol–water partition coefficient (Wildman–Crippen LogP) is 4.89. The lowest BCUT2D eigenvalue weighted by Crippen LogP contribution is -2.10. The SMILES string of the molecule is CN(C)Cc1ccc(-c2cc(O)c3c(=O)cc(-c4ccccc4)oc3c2)cc1. The average molecular weight is 371 g/mol. The minimum absolute atomic E-state index is 0.0711. The molecule has 0 amide bonds. The first-order valence-electron chi connectivity index (χ1n) is 9.11. The maximum absolute atomic E-state index is 12.6. The third-order valence-electron chi connectivity index (χ3n) is 4.65. The lowest BCUT2D eigenvalue weighted by atomic mass is 10.0. The summed E-state index contributed by atoms with van der Waals surface area (Å²) >= 11 is 0. The van der Waals surface area contributed by atoms with E-state index in [0.717, 1.165) is 23.2 Å². The van der Waals surface area contributed by atoms with Gasteiger partial charge in [-0.05, 0) is 42.9 Å². The maximum atomic E-state index is 12.6. The molecule has 0 bridgehead atoms. The minimum atomic E-state index is -0.259. The van der Waals surface area contributed by atoms with E-state index in [1.165, 1.54) is 11.6 Å². The van der Waals surface area contributed by atoms with Gasteiger partial charge in [0.2, 0.25) is 0 Å². The fourth-order valence-electron chi connectivity index (χ4n) is 3.35. The zero-order valence-electron chi connectivity index (χ0n) is 15.8. The number of hydrogen-bond donors (Lipinski definition) is 1. The van der Waals surface area contributed by atoms with Gasteiger partial charge in [0.1, 0.15) is 22.5 Å². The molecule has 4 nitrogen and oxygen atoms in total. The van der Waals surface area contributed by atoms with Gasteiger partial charge in [-0.1, -0.05) is 54.6 Å². The Morgan fingerprint density at radius 3 is 2.25 bits per heavy atom. The molecular formula is C24H21NO3. The molecule has 0 aliphatic rings. The van der Waals surface area contributed by atoms with Gasteiger partial charge >= 0.3 is 0 Å². The summed E-state index contributed by atoms with van der Waals surface area (Å²) in [6.45, 7) is 0.860. The molecule has 4 aromatic rings. The predicted molar refractivity (Wildman–Crippen MR) is 112 cm³/mol. The maximum Gasteiger partial charge on any atom is 0.197 e. The van der Waals surface area contributed by atoms with Gasteiger partial charge in [-0.15, -0.1) is 0 Å². The number of phenolic OH excluding ortho intramolecular Hbond substituents is 1. The van der Waals surface area contributed by atoms with E-state index in [0.29, 0.717) is 11.3 Å². The fourth-order valence-corrected chi connectivity index (χ4v) is 3.35. The van der Waals surface area contributed by atoms with Crippen molar-refractivity contribution in [2.24, 2.45) is 0 Å². The number of hydrogen-bond acceptors (Lipinski definition) is 4. The Morgan fingerprint density at radius 2 is 1.57 bits per heavy atom. The van der Waals surface area contributed by atoms with E-state index < -0.39 is 0 Å². The molecule has 0 radical (unpaired) electrons. The van der Waals surface area contributed by atoms with E-state index in [2.05, 4.69) is 17.0 Å². The number of fused-ring (bicyclic) bond motifs is 1. The van der Waals surface area contributed by atoms with Crippen LogP contribution in [0.1, 0.15) is 5.56 Å². The Hall–Kier alpha value is -3.37. The molecule has 28 heavy (non-hydrogen) atoms. The summed E-state index contributed by atoms with van der Waals surface area (Å²) in [5, 5.41) is 10.7. The summed E-state index contributed by atoms with van der Waals surface area (Å²) < 4.78 is 5.98. The summed E-state index contributed by atoms with van der Waals surface area (Å²) in [5.41, 5.74) is 3.89. The van der Waals surface area contributed by atoms with Crippen LogP contribution in [0.3, 0.4) is 0 Å². The van der Waals surface area contributed by atoms with E-state index >= 15 is 0 Å².